The monoisotopic (exact) mass is 234 g/mol. The zero-order valence-electron chi connectivity index (χ0n) is 7.23. The van der Waals surface area contributed by atoms with E-state index in [1.807, 2.05) is 0 Å². The van der Waals surface area contributed by atoms with Gasteiger partial charge in [-0.15, -0.1) is 11.3 Å². The molecule has 1 heterocycles. The van der Waals surface area contributed by atoms with E-state index < -0.39 is 5.97 Å². The molecule has 14 heavy (non-hydrogen) atoms. The zero-order valence-corrected chi connectivity index (χ0v) is 8.80. The van der Waals surface area contributed by atoms with Gasteiger partial charge in [0.2, 0.25) is 5.01 Å². The van der Waals surface area contributed by atoms with Crippen molar-refractivity contribution in [2.75, 3.05) is 6.61 Å². The van der Waals surface area contributed by atoms with Crippen LogP contribution in [0.4, 0.5) is 0 Å². The first-order valence-corrected chi connectivity index (χ1v) is 4.89. The van der Waals surface area contributed by atoms with Gasteiger partial charge in [0.05, 0.1) is 11.5 Å². The summed E-state index contributed by atoms with van der Waals surface area (Å²) in [7, 11) is 0. The number of aromatic nitrogens is 1. The quantitative estimate of drug-likeness (QED) is 0.374. The van der Waals surface area contributed by atoms with Crippen LogP contribution in [-0.2, 0) is 4.74 Å². The fourth-order valence-corrected chi connectivity index (χ4v) is 1.56. The van der Waals surface area contributed by atoms with Gasteiger partial charge < -0.3 is 9.94 Å². The summed E-state index contributed by atoms with van der Waals surface area (Å²) in [5, 5.41) is 11.2. The number of carbonyl (C=O) groups excluding carboxylic acids is 1. The van der Waals surface area contributed by atoms with Gasteiger partial charge >= 0.3 is 5.97 Å². The van der Waals surface area contributed by atoms with Crippen molar-refractivity contribution in [3.8, 4) is 0 Å². The van der Waals surface area contributed by atoms with Gasteiger partial charge in [0, 0.05) is 6.20 Å². The lowest BCUT2D eigenvalue weighted by atomic mass is 10.6. The second-order valence-corrected chi connectivity index (χ2v) is 3.53. The second-order valence-electron chi connectivity index (χ2n) is 2.14. The molecule has 0 radical (unpaired) electrons. The molecule has 0 fully saturated rings. The van der Waals surface area contributed by atoms with E-state index in [1.54, 1.807) is 6.92 Å². The Hall–Kier alpha value is -1.14. The molecule has 1 aromatic rings. The lowest BCUT2D eigenvalue weighted by Crippen LogP contribution is -2.03. The van der Waals surface area contributed by atoms with Crippen LogP contribution >= 0.6 is 22.9 Å². The minimum absolute atomic E-state index is 0.0990. The number of esters is 1. The number of halogens is 1. The lowest BCUT2D eigenvalue weighted by Gasteiger charge is -1.95. The van der Waals surface area contributed by atoms with Crippen LogP contribution < -0.4 is 0 Å². The summed E-state index contributed by atoms with van der Waals surface area (Å²) in [5.41, 5.74) is 0. The maximum absolute atomic E-state index is 11.1. The van der Waals surface area contributed by atoms with Crippen molar-refractivity contribution < 1.29 is 14.7 Å². The Labute approximate surface area is 89.0 Å². The summed E-state index contributed by atoms with van der Waals surface area (Å²) in [6.07, 6.45) is 1.35. The van der Waals surface area contributed by atoms with Crippen LogP contribution in [0.5, 0.6) is 0 Å². The van der Waals surface area contributed by atoms with Crippen molar-refractivity contribution in [1.82, 2.24) is 4.98 Å². The normalized spacial score (nSPS) is 11.4. The van der Waals surface area contributed by atoms with Crippen molar-refractivity contribution in [3.05, 3.63) is 16.1 Å². The van der Waals surface area contributed by atoms with Crippen LogP contribution in [0.2, 0.25) is 0 Å². The molecule has 0 bridgehead atoms. The number of thiazole rings is 1. The molecule has 0 saturated heterocycles. The first kappa shape index (κ1) is 10.9. The fraction of sp³-hybridized carbons (Fsp3) is 0.286. The molecule has 5 nitrogen and oxygen atoms in total. The van der Waals surface area contributed by atoms with Gasteiger partial charge in [0.1, 0.15) is 0 Å². The number of hydrogen-bond donors (Lipinski definition) is 1. The molecule has 0 saturated carbocycles. The van der Waals surface area contributed by atoms with Gasteiger partial charge in [-0.2, -0.15) is 0 Å². The first-order valence-electron chi connectivity index (χ1n) is 3.70. The van der Waals surface area contributed by atoms with Crippen molar-refractivity contribution in [3.63, 3.8) is 0 Å². The molecule has 0 aromatic carbocycles. The molecular formula is C7H7ClN2O3S. The molecule has 0 amide bonds. The number of carbonyl (C=O) groups is 1. The topological polar surface area (TPSA) is 71.8 Å². The van der Waals surface area contributed by atoms with E-state index >= 15 is 0 Å². The van der Waals surface area contributed by atoms with Gasteiger partial charge in [-0.3, -0.25) is 0 Å². The molecule has 1 N–H and O–H groups in total. The highest BCUT2D eigenvalue weighted by Gasteiger charge is 2.14. The Morgan fingerprint density at radius 1 is 1.86 bits per heavy atom. The molecule has 1 rings (SSSR count). The molecular weight excluding hydrogens is 228 g/mol. The highest BCUT2D eigenvalue weighted by molar-refractivity contribution is 7.17. The van der Waals surface area contributed by atoms with E-state index in [-0.39, 0.29) is 16.8 Å². The second kappa shape index (κ2) is 4.92. The predicted octanol–water partition coefficient (Wildman–Crippen LogP) is 1.69. The standard InChI is InChI=1S/C7H7ClN2O3S/c1-2-13-7(11)6-9-3-4(14-6)5(8)10-12/h3,12H,2H2,1H3/b10-5-. The van der Waals surface area contributed by atoms with E-state index in [2.05, 4.69) is 10.1 Å². The Kier molecular flexibility index (Phi) is 3.84. The maximum atomic E-state index is 11.1. The van der Waals surface area contributed by atoms with Gasteiger partial charge in [-0.1, -0.05) is 16.8 Å². The van der Waals surface area contributed by atoms with E-state index in [9.17, 15) is 4.79 Å². The van der Waals surface area contributed by atoms with Gasteiger partial charge in [0.15, 0.2) is 5.17 Å². The van der Waals surface area contributed by atoms with Gasteiger partial charge in [-0.25, -0.2) is 9.78 Å². The largest absolute Gasteiger partial charge is 0.461 e. The van der Waals surface area contributed by atoms with Crippen LogP contribution in [0, 0.1) is 0 Å². The summed E-state index contributed by atoms with van der Waals surface area (Å²) in [5.74, 6) is -0.508. The number of hydrogen-bond acceptors (Lipinski definition) is 6. The van der Waals surface area contributed by atoms with Gasteiger partial charge in [0.25, 0.3) is 0 Å². The SMILES string of the molecule is CCOC(=O)c1ncc(/C(Cl)=N/O)s1. The smallest absolute Gasteiger partial charge is 0.367 e. The summed E-state index contributed by atoms with van der Waals surface area (Å²) in [6, 6.07) is 0. The molecule has 0 aliphatic heterocycles. The summed E-state index contributed by atoms with van der Waals surface area (Å²) in [4.78, 5) is 15.3. The average molecular weight is 235 g/mol. The van der Waals surface area contributed by atoms with Crippen LogP contribution in [0.3, 0.4) is 0 Å². The van der Waals surface area contributed by atoms with E-state index in [1.165, 1.54) is 6.20 Å². The zero-order chi connectivity index (χ0) is 10.6. The van der Waals surface area contributed by atoms with E-state index in [0.29, 0.717) is 4.88 Å². The van der Waals surface area contributed by atoms with Crippen LogP contribution in [0.25, 0.3) is 0 Å². The Morgan fingerprint density at radius 3 is 3.14 bits per heavy atom. The van der Waals surface area contributed by atoms with E-state index in [0.717, 1.165) is 11.3 Å². The molecule has 0 aliphatic rings. The maximum Gasteiger partial charge on any atom is 0.367 e. The fourth-order valence-electron chi connectivity index (χ4n) is 0.706. The van der Waals surface area contributed by atoms with E-state index in [4.69, 9.17) is 21.5 Å². The van der Waals surface area contributed by atoms with Crippen molar-refractivity contribution in [2.45, 2.75) is 6.92 Å². The number of ether oxygens (including phenoxy) is 1. The Balaban J connectivity index is 2.83. The third kappa shape index (κ3) is 2.43. The third-order valence-corrected chi connectivity index (χ3v) is 2.62. The molecule has 0 aliphatic carbocycles. The number of rotatable bonds is 3. The highest BCUT2D eigenvalue weighted by Crippen LogP contribution is 2.16. The van der Waals surface area contributed by atoms with Gasteiger partial charge in [-0.05, 0) is 6.92 Å². The van der Waals surface area contributed by atoms with Crippen molar-refractivity contribution in [2.24, 2.45) is 5.16 Å². The highest BCUT2D eigenvalue weighted by atomic mass is 35.5. The lowest BCUT2D eigenvalue weighted by molar-refractivity contribution is 0.0526. The summed E-state index contributed by atoms with van der Waals surface area (Å²) >= 11 is 6.51. The molecule has 0 spiro atoms. The van der Waals surface area contributed by atoms with Crippen LogP contribution in [0.15, 0.2) is 11.4 Å². The summed E-state index contributed by atoms with van der Waals surface area (Å²) < 4.78 is 4.72. The Morgan fingerprint density at radius 2 is 2.57 bits per heavy atom. The third-order valence-electron chi connectivity index (χ3n) is 1.25. The minimum Gasteiger partial charge on any atom is -0.461 e. The minimum atomic E-state index is -0.508. The molecule has 0 atom stereocenters. The summed E-state index contributed by atoms with van der Waals surface area (Å²) in [6.45, 7) is 1.99. The predicted molar refractivity (Wildman–Crippen MR) is 52.2 cm³/mol. The molecule has 0 unspecified atom stereocenters. The van der Waals surface area contributed by atoms with Crippen LogP contribution in [-0.4, -0.2) is 27.9 Å². The van der Waals surface area contributed by atoms with Crippen molar-refractivity contribution >= 4 is 34.1 Å². The number of oxime groups is 1. The molecule has 7 heteroatoms. The number of nitrogens with zero attached hydrogens (tertiary/aromatic N) is 2. The average Bonchev–Trinajstić information content (AvgIpc) is 2.66. The molecule has 1 aromatic heterocycles. The molecule has 76 valence electrons. The van der Waals surface area contributed by atoms with Crippen molar-refractivity contribution in [1.29, 1.82) is 0 Å². The Bertz CT molecular complexity index is 364. The van der Waals surface area contributed by atoms with Crippen LogP contribution in [0.1, 0.15) is 21.6 Å². The first-order chi connectivity index (χ1) is 6.69.